The molecule has 0 radical (unpaired) electrons. The second-order valence-electron chi connectivity index (χ2n) is 4.01. The van der Waals surface area contributed by atoms with E-state index in [9.17, 15) is 0 Å². The van der Waals surface area contributed by atoms with E-state index in [1.807, 2.05) is 28.7 Å². The molecule has 3 nitrogen and oxygen atoms in total. The lowest BCUT2D eigenvalue weighted by molar-refractivity contribution is 0.597. The van der Waals surface area contributed by atoms with Gasteiger partial charge in [-0.3, -0.25) is 4.68 Å². The molecular formula is C12H13N3S. The number of nitrogen functional groups attached to an aromatic ring is 1. The third-order valence-electron chi connectivity index (χ3n) is 2.77. The van der Waals surface area contributed by atoms with Gasteiger partial charge in [0.15, 0.2) is 0 Å². The van der Waals surface area contributed by atoms with Crippen LogP contribution < -0.4 is 5.73 Å². The Morgan fingerprint density at radius 1 is 1.38 bits per heavy atom. The molecule has 3 rings (SSSR count). The van der Waals surface area contributed by atoms with E-state index >= 15 is 0 Å². The van der Waals surface area contributed by atoms with Crippen molar-refractivity contribution in [1.82, 2.24) is 9.78 Å². The van der Waals surface area contributed by atoms with Crippen molar-refractivity contribution in [3.8, 4) is 0 Å². The highest BCUT2D eigenvalue weighted by Gasteiger charge is 2.22. The summed E-state index contributed by atoms with van der Waals surface area (Å²) in [7, 11) is 0. The summed E-state index contributed by atoms with van der Waals surface area (Å²) in [5.74, 6) is 0.598. The summed E-state index contributed by atoms with van der Waals surface area (Å²) in [6.45, 7) is 0.927. The number of fused-ring (bicyclic) bond motifs is 1. The van der Waals surface area contributed by atoms with Crippen molar-refractivity contribution in [2.24, 2.45) is 0 Å². The summed E-state index contributed by atoms with van der Waals surface area (Å²) < 4.78 is 1.93. The quantitative estimate of drug-likeness (QED) is 0.861. The average Bonchev–Trinajstić information content (AvgIpc) is 2.84. The fraction of sp³-hybridized carbons (Fsp3) is 0.250. The Morgan fingerprint density at radius 2 is 2.25 bits per heavy atom. The molecule has 0 amide bonds. The summed E-state index contributed by atoms with van der Waals surface area (Å²) in [5, 5.41) is 4.80. The molecule has 82 valence electrons. The number of rotatable bonds is 2. The maximum absolute atomic E-state index is 5.60. The molecule has 0 saturated carbocycles. The molecule has 2 N–H and O–H groups in total. The first-order valence-corrected chi connectivity index (χ1v) is 6.23. The van der Waals surface area contributed by atoms with Crippen LogP contribution in [0.5, 0.6) is 0 Å². The molecule has 0 spiro atoms. The van der Waals surface area contributed by atoms with Gasteiger partial charge in [0.1, 0.15) is 5.82 Å². The zero-order valence-corrected chi connectivity index (χ0v) is 9.65. The Bertz CT molecular complexity index is 481. The first-order valence-electron chi connectivity index (χ1n) is 5.35. The zero-order chi connectivity index (χ0) is 11.0. The molecule has 1 atom stereocenters. The molecule has 0 aliphatic carbocycles. The van der Waals surface area contributed by atoms with Crippen LogP contribution in [0.2, 0.25) is 0 Å². The van der Waals surface area contributed by atoms with Crippen molar-refractivity contribution in [3.63, 3.8) is 0 Å². The Morgan fingerprint density at radius 3 is 3.00 bits per heavy atom. The smallest absolute Gasteiger partial charge is 0.145 e. The minimum Gasteiger partial charge on any atom is -0.382 e. The lowest BCUT2D eigenvalue weighted by Gasteiger charge is -2.07. The van der Waals surface area contributed by atoms with Crippen molar-refractivity contribution in [3.05, 3.63) is 42.1 Å². The van der Waals surface area contributed by atoms with E-state index in [0.717, 1.165) is 13.0 Å². The van der Waals surface area contributed by atoms with Gasteiger partial charge >= 0.3 is 0 Å². The van der Waals surface area contributed by atoms with Crippen LogP contribution in [0.1, 0.15) is 5.56 Å². The predicted molar refractivity (Wildman–Crippen MR) is 66.4 cm³/mol. The Labute approximate surface area is 98.6 Å². The average molecular weight is 231 g/mol. The van der Waals surface area contributed by atoms with E-state index < -0.39 is 0 Å². The van der Waals surface area contributed by atoms with Crippen LogP contribution in [-0.2, 0) is 13.0 Å². The third kappa shape index (κ3) is 1.80. The van der Waals surface area contributed by atoms with Crippen molar-refractivity contribution in [2.75, 3.05) is 5.73 Å². The number of hydrogen-bond acceptors (Lipinski definition) is 3. The third-order valence-corrected chi connectivity index (χ3v) is 4.07. The van der Waals surface area contributed by atoms with Crippen LogP contribution >= 0.6 is 11.8 Å². The van der Waals surface area contributed by atoms with Gasteiger partial charge in [-0.15, -0.1) is 11.8 Å². The molecular weight excluding hydrogens is 218 g/mol. The van der Waals surface area contributed by atoms with Crippen LogP contribution in [-0.4, -0.2) is 15.0 Å². The minimum atomic E-state index is 0.580. The van der Waals surface area contributed by atoms with Crippen molar-refractivity contribution < 1.29 is 0 Å². The summed E-state index contributed by atoms with van der Waals surface area (Å²) in [5.41, 5.74) is 7.05. The molecule has 1 aromatic heterocycles. The van der Waals surface area contributed by atoms with Gasteiger partial charge in [-0.1, -0.05) is 18.2 Å². The van der Waals surface area contributed by atoms with Crippen molar-refractivity contribution in [2.45, 2.75) is 23.1 Å². The van der Waals surface area contributed by atoms with Gasteiger partial charge in [0.05, 0.1) is 6.54 Å². The van der Waals surface area contributed by atoms with Crippen molar-refractivity contribution >= 4 is 17.6 Å². The lowest BCUT2D eigenvalue weighted by atomic mass is 10.1. The van der Waals surface area contributed by atoms with Crippen LogP contribution in [0, 0.1) is 0 Å². The maximum atomic E-state index is 5.60. The molecule has 0 saturated heterocycles. The second kappa shape index (κ2) is 3.87. The predicted octanol–water partition coefficient (Wildman–Crippen LogP) is 2.18. The maximum Gasteiger partial charge on any atom is 0.145 e. The minimum absolute atomic E-state index is 0.580. The van der Waals surface area contributed by atoms with Crippen LogP contribution in [0.3, 0.4) is 0 Å². The largest absolute Gasteiger partial charge is 0.382 e. The van der Waals surface area contributed by atoms with E-state index in [4.69, 9.17) is 5.73 Å². The Balaban J connectivity index is 1.72. The number of benzene rings is 1. The van der Waals surface area contributed by atoms with Gasteiger partial charge in [0.25, 0.3) is 0 Å². The molecule has 2 heterocycles. The SMILES string of the molecule is Nc1ccn(CC2Cc3ccccc3S2)n1. The molecule has 16 heavy (non-hydrogen) atoms. The molecule has 0 fully saturated rings. The number of hydrogen-bond donors (Lipinski definition) is 1. The fourth-order valence-corrected chi connectivity index (χ4v) is 3.35. The zero-order valence-electron chi connectivity index (χ0n) is 8.84. The van der Waals surface area contributed by atoms with Crippen LogP contribution in [0.25, 0.3) is 0 Å². The van der Waals surface area contributed by atoms with Crippen LogP contribution in [0.15, 0.2) is 41.4 Å². The summed E-state index contributed by atoms with van der Waals surface area (Å²) >= 11 is 1.94. The normalized spacial score (nSPS) is 18.6. The van der Waals surface area contributed by atoms with Crippen LogP contribution in [0.4, 0.5) is 5.82 Å². The highest BCUT2D eigenvalue weighted by molar-refractivity contribution is 8.00. The summed E-state index contributed by atoms with van der Waals surface area (Å²) in [6, 6.07) is 10.4. The number of thioether (sulfide) groups is 1. The monoisotopic (exact) mass is 231 g/mol. The number of nitrogens with zero attached hydrogens (tertiary/aromatic N) is 2. The topological polar surface area (TPSA) is 43.8 Å². The van der Waals surface area contributed by atoms with Gasteiger partial charge < -0.3 is 5.73 Å². The highest BCUT2D eigenvalue weighted by atomic mass is 32.2. The van der Waals surface area contributed by atoms with E-state index in [0.29, 0.717) is 11.1 Å². The Kier molecular flexibility index (Phi) is 2.36. The molecule has 1 aliphatic heterocycles. The fourth-order valence-electron chi connectivity index (χ4n) is 2.04. The molecule has 1 aliphatic rings. The van der Waals surface area contributed by atoms with E-state index in [2.05, 4.69) is 29.4 Å². The van der Waals surface area contributed by atoms with Crippen molar-refractivity contribution in [1.29, 1.82) is 0 Å². The second-order valence-corrected chi connectivity index (χ2v) is 5.36. The number of aromatic nitrogens is 2. The van der Waals surface area contributed by atoms with Gasteiger partial charge in [-0.2, -0.15) is 5.10 Å². The summed E-state index contributed by atoms with van der Waals surface area (Å²) in [4.78, 5) is 1.41. The first kappa shape index (κ1) is 9.78. The van der Waals surface area contributed by atoms with E-state index in [1.54, 1.807) is 0 Å². The summed E-state index contributed by atoms with van der Waals surface area (Å²) in [6.07, 6.45) is 3.07. The number of nitrogens with two attached hydrogens (primary N) is 1. The molecule has 1 aromatic carbocycles. The molecule has 4 heteroatoms. The van der Waals surface area contributed by atoms with Gasteiger partial charge in [-0.05, 0) is 24.1 Å². The molecule has 1 unspecified atom stereocenters. The van der Waals surface area contributed by atoms with Gasteiger partial charge in [-0.25, -0.2) is 0 Å². The standard InChI is InChI=1S/C12H13N3S/c13-12-5-6-15(14-12)8-10-7-9-3-1-2-4-11(9)16-10/h1-6,10H,7-8H2,(H2,13,14). The van der Waals surface area contributed by atoms with Gasteiger partial charge in [0, 0.05) is 16.3 Å². The van der Waals surface area contributed by atoms with Gasteiger partial charge in [0.2, 0.25) is 0 Å². The van der Waals surface area contributed by atoms with E-state index in [-0.39, 0.29) is 0 Å². The highest BCUT2D eigenvalue weighted by Crippen LogP contribution is 2.37. The molecule has 2 aromatic rings. The molecule has 0 bridgehead atoms. The lowest BCUT2D eigenvalue weighted by Crippen LogP contribution is -2.12. The van der Waals surface area contributed by atoms with E-state index in [1.165, 1.54) is 10.5 Å². The Hall–Kier alpha value is -1.42. The number of anilines is 1. The first-order chi connectivity index (χ1) is 7.81.